The summed E-state index contributed by atoms with van der Waals surface area (Å²) < 4.78 is 0.665. The summed E-state index contributed by atoms with van der Waals surface area (Å²) >= 11 is 2.01. The van der Waals surface area contributed by atoms with Crippen LogP contribution in [0, 0.1) is 25.5 Å². The number of anilines is 1. The molecule has 3 unspecified atom stereocenters. The van der Waals surface area contributed by atoms with Crippen molar-refractivity contribution >= 4 is 34.0 Å². The van der Waals surface area contributed by atoms with E-state index in [2.05, 4.69) is 4.90 Å². The van der Waals surface area contributed by atoms with Crippen molar-refractivity contribution in [3.8, 4) is 0 Å². The Hall–Kier alpha value is -0.890. The average Bonchev–Trinajstić information content (AvgIpc) is 2.91. The number of aliphatic hydroxyl groups excluding tert-OH is 1. The van der Waals surface area contributed by atoms with E-state index in [0.29, 0.717) is 15.4 Å². The lowest BCUT2D eigenvalue weighted by atomic mass is 10.00. The summed E-state index contributed by atoms with van der Waals surface area (Å²) in [7, 11) is 0. The van der Waals surface area contributed by atoms with Crippen LogP contribution in [0.5, 0.6) is 0 Å². The number of rotatable bonds is 2. The van der Waals surface area contributed by atoms with Gasteiger partial charge in [-0.15, -0.1) is 0 Å². The molecule has 2 aliphatic rings. The minimum atomic E-state index is -0.353. The SMILES string of the molecule is O=[N+]([O-])c1ccc(N2CC3CCC(O)C3C2)cc1I. The van der Waals surface area contributed by atoms with Gasteiger partial charge in [-0.05, 0) is 53.5 Å². The average molecular weight is 374 g/mol. The molecule has 0 spiro atoms. The molecular formula is C13H15IN2O3. The molecule has 1 saturated heterocycles. The molecule has 0 amide bonds. The molecule has 1 aliphatic heterocycles. The molecule has 3 atom stereocenters. The molecule has 19 heavy (non-hydrogen) atoms. The van der Waals surface area contributed by atoms with Crippen LogP contribution in [0.4, 0.5) is 11.4 Å². The van der Waals surface area contributed by atoms with Crippen LogP contribution in [0.1, 0.15) is 12.8 Å². The molecule has 1 saturated carbocycles. The van der Waals surface area contributed by atoms with Gasteiger partial charge in [0, 0.05) is 30.8 Å². The third kappa shape index (κ3) is 2.31. The first-order chi connectivity index (χ1) is 9.06. The topological polar surface area (TPSA) is 66.6 Å². The maximum atomic E-state index is 10.8. The second kappa shape index (κ2) is 4.90. The van der Waals surface area contributed by atoms with E-state index >= 15 is 0 Å². The zero-order valence-electron chi connectivity index (χ0n) is 10.3. The van der Waals surface area contributed by atoms with Crippen LogP contribution in [0.25, 0.3) is 0 Å². The standard InChI is InChI=1S/C13H15IN2O3/c14-11-5-9(2-3-12(11)16(18)19)15-6-8-1-4-13(17)10(8)7-15/h2-3,5,8,10,13,17H,1,4,6-7H2. The summed E-state index contributed by atoms with van der Waals surface area (Å²) in [5.41, 5.74) is 1.18. The van der Waals surface area contributed by atoms with Crippen molar-refractivity contribution in [2.75, 3.05) is 18.0 Å². The number of nitro benzene ring substituents is 1. The highest BCUT2D eigenvalue weighted by Gasteiger charge is 2.41. The molecule has 6 heteroatoms. The first-order valence-electron chi connectivity index (χ1n) is 6.43. The molecule has 2 fully saturated rings. The van der Waals surface area contributed by atoms with Crippen LogP contribution in [0.3, 0.4) is 0 Å². The number of benzene rings is 1. The molecule has 1 heterocycles. The van der Waals surface area contributed by atoms with Crippen LogP contribution in [0.2, 0.25) is 0 Å². The third-order valence-electron chi connectivity index (χ3n) is 4.31. The van der Waals surface area contributed by atoms with Crippen LogP contribution in [0.15, 0.2) is 18.2 Å². The minimum Gasteiger partial charge on any atom is -0.393 e. The fraction of sp³-hybridized carbons (Fsp3) is 0.538. The van der Waals surface area contributed by atoms with E-state index in [4.69, 9.17) is 0 Å². The van der Waals surface area contributed by atoms with Gasteiger partial charge in [-0.25, -0.2) is 0 Å². The van der Waals surface area contributed by atoms with Gasteiger partial charge >= 0.3 is 0 Å². The molecule has 1 aliphatic carbocycles. The van der Waals surface area contributed by atoms with Crippen molar-refractivity contribution in [3.05, 3.63) is 31.9 Å². The Morgan fingerprint density at radius 1 is 1.37 bits per heavy atom. The van der Waals surface area contributed by atoms with Crippen molar-refractivity contribution in [1.29, 1.82) is 0 Å². The zero-order valence-corrected chi connectivity index (χ0v) is 12.5. The van der Waals surface area contributed by atoms with E-state index in [1.54, 1.807) is 6.07 Å². The van der Waals surface area contributed by atoms with Crippen molar-refractivity contribution < 1.29 is 10.0 Å². The monoisotopic (exact) mass is 374 g/mol. The normalized spacial score (nSPS) is 29.6. The number of aliphatic hydroxyl groups is 1. The second-order valence-corrected chi connectivity index (χ2v) is 6.53. The number of nitro groups is 1. The predicted octanol–water partition coefficient (Wildman–Crippen LogP) is 2.41. The molecule has 1 N–H and O–H groups in total. The molecular weight excluding hydrogens is 359 g/mol. The number of nitrogens with zero attached hydrogens (tertiary/aromatic N) is 2. The molecule has 1 aromatic carbocycles. The minimum absolute atomic E-state index is 0.156. The van der Waals surface area contributed by atoms with Crippen LogP contribution in [-0.2, 0) is 0 Å². The van der Waals surface area contributed by atoms with Crippen molar-refractivity contribution in [3.63, 3.8) is 0 Å². The summed E-state index contributed by atoms with van der Waals surface area (Å²) in [5, 5.41) is 20.7. The first kappa shape index (κ1) is 13.1. The van der Waals surface area contributed by atoms with Gasteiger partial charge in [-0.3, -0.25) is 10.1 Å². The molecule has 102 valence electrons. The Kier molecular flexibility index (Phi) is 3.38. The summed E-state index contributed by atoms with van der Waals surface area (Å²) in [6, 6.07) is 5.25. The summed E-state index contributed by atoms with van der Waals surface area (Å²) in [6.07, 6.45) is 1.83. The Bertz CT molecular complexity index is 523. The van der Waals surface area contributed by atoms with Gasteiger partial charge < -0.3 is 10.0 Å². The van der Waals surface area contributed by atoms with Gasteiger partial charge in [0.2, 0.25) is 0 Å². The Morgan fingerprint density at radius 2 is 2.16 bits per heavy atom. The van der Waals surface area contributed by atoms with Crippen LogP contribution < -0.4 is 4.90 Å². The van der Waals surface area contributed by atoms with Crippen LogP contribution >= 0.6 is 22.6 Å². The zero-order chi connectivity index (χ0) is 13.6. The fourth-order valence-electron chi connectivity index (χ4n) is 3.29. The highest BCUT2D eigenvalue weighted by molar-refractivity contribution is 14.1. The van der Waals surface area contributed by atoms with Crippen LogP contribution in [-0.4, -0.2) is 29.2 Å². The van der Waals surface area contributed by atoms with E-state index in [1.807, 2.05) is 34.7 Å². The smallest absolute Gasteiger partial charge is 0.282 e. The maximum Gasteiger partial charge on any atom is 0.282 e. The van der Waals surface area contributed by atoms with Gasteiger partial charge in [0.05, 0.1) is 14.6 Å². The van der Waals surface area contributed by atoms with E-state index in [0.717, 1.165) is 31.6 Å². The van der Waals surface area contributed by atoms with E-state index in [1.165, 1.54) is 0 Å². The second-order valence-electron chi connectivity index (χ2n) is 5.37. The van der Waals surface area contributed by atoms with Gasteiger partial charge in [0.15, 0.2) is 0 Å². The van der Waals surface area contributed by atoms with E-state index in [-0.39, 0.29) is 16.7 Å². The fourth-order valence-corrected chi connectivity index (χ4v) is 3.98. The number of hydrogen-bond acceptors (Lipinski definition) is 4. The first-order valence-corrected chi connectivity index (χ1v) is 7.51. The number of hydrogen-bond donors (Lipinski definition) is 1. The molecule has 3 rings (SSSR count). The Labute approximate surface area is 124 Å². The lowest BCUT2D eigenvalue weighted by Gasteiger charge is -2.20. The quantitative estimate of drug-likeness (QED) is 0.491. The highest BCUT2D eigenvalue weighted by atomic mass is 127. The highest BCUT2D eigenvalue weighted by Crippen LogP contribution is 2.40. The number of halogens is 1. The van der Waals surface area contributed by atoms with Gasteiger partial charge in [0.1, 0.15) is 0 Å². The molecule has 5 nitrogen and oxygen atoms in total. The van der Waals surface area contributed by atoms with Gasteiger partial charge in [0.25, 0.3) is 5.69 Å². The molecule has 1 aromatic rings. The van der Waals surface area contributed by atoms with E-state index in [9.17, 15) is 15.2 Å². The van der Waals surface area contributed by atoms with Gasteiger partial charge in [-0.2, -0.15) is 0 Å². The maximum absolute atomic E-state index is 10.8. The Morgan fingerprint density at radius 3 is 2.79 bits per heavy atom. The molecule has 0 radical (unpaired) electrons. The summed E-state index contributed by atoms with van der Waals surface area (Å²) in [6.45, 7) is 1.81. The summed E-state index contributed by atoms with van der Waals surface area (Å²) in [4.78, 5) is 12.7. The lowest BCUT2D eigenvalue weighted by Crippen LogP contribution is -2.24. The predicted molar refractivity (Wildman–Crippen MR) is 80.2 cm³/mol. The Balaban J connectivity index is 1.81. The van der Waals surface area contributed by atoms with Crippen molar-refractivity contribution in [2.45, 2.75) is 18.9 Å². The largest absolute Gasteiger partial charge is 0.393 e. The van der Waals surface area contributed by atoms with Crippen molar-refractivity contribution in [1.82, 2.24) is 0 Å². The van der Waals surface area contributed by atoms with E-state index < -0.39 is 0 Å². The number of fused-ring (bicyclic) bond motifs is 1. The molecule has 0 aromatic heterocycles. The lowest BCUT2D eigenvalue weighted by molar-refractivity contribution is -0.385. The third-order valence-corrected chi connectivity index (χ3v) is 5.18. The van der Waals surface area contributed by atoms with Gasteiger partial charge in [-0.1, -0.05) is 0 Å². The van der Waals surface area contributed by atoms with Crippen molar-refractivity contribution in [2.24, 2.45) is 11.8 Å². The molecule has 0 bridgehead atoms. The summed E-state index contributed by atoms with van der Waals surface area (Å²) in [5.74, 6) is 0.940.